The summed E-state index contributed by atoms with van der Waals surface area (Å²) in [5.41, 5.74) is 7.91. The maximum absolute atomic E-state index is 4.10. The molecule has 0 radical (unpaired) electrons. The molecule has 2 rings (SSSR count). The molecule has 0 N–H and O–H groups in total. The largest absolute Gasteiger partial charge is 0.103 e. The molecule has 0 saturated carbocycles. The van der Waals surface area contributed by atoms with Gasteiger partial charge in [-0.2, -0.15) is 0 Å². The van der Waals surface area contributed by atoms with Crippen molar-refractivity contribution in [2.45, 2.75) is 6.42 Å². The zero-order chi connectivity index (χ0) is 19.5. The summed E-state index contributed by atoms with van der Waals surface area (Å²) in [6.07, 6.45) is 15.8. The third kappa shape index (κ3) is 2.16. The highest BCUT2D eigenvalue weighted by Crippen LogP contribution is 2.63. The van der Waals surface area contributed by atoms with Crippen LogP contribution in [-0.4, -0.2) is 0 Å². The van der Waals surface area contributed by atoms with Crippen LogP contribution in [0.15, 0.2) is 146 Å². The van der Waals surface area contributed by atoms with E-state index in [0.717, 1.165) is 39.0 Å². The van der Waals surface area contributed by atoms with E-state index in [1.807, 2.05) is 48.6 Å². The average molecular weight is 338 g/mol. The predicted octanol–water partition coefficient (Wildman–Crippen LogP) is 7.06. The second kappa shape index (κ2) is 7.41. The first-order chi connectivity index (χ1) is 12.6. The molecule has 130 valence electrons. The van der Waals surface area contributed by atoms with Crippen LogP contribution in [0.3, 0.4) is 0 Å². The van der Waals surface area contributed by atoms with Crippen LogP contribution in [0.4, 0.5) is 0 Å². The SMILES string of the molecule is C=CCC1=C(C=C)C(C=C)=C(C=C)C12C(C=C)=C(C=C)C(C=C)=C2C=C. The molecule has 0 aliphatic heterocycles. The zero-order valence-electron chi connectivity index (χ0n) is 15.5. The second-order valence-electron chi connectivity index (χ2n) is 6.05. The average Bonchev–Trinajstić information content (AvgIpc) is 3.10. The van der Waals surface area contributed by atoms with Crippen LogP contribution in [0.25, 0.3) is 0 Å². The molecule has 0 aromatic carbocycles. The number of allylic oxidation sites excluding steroid dienone is 16. The van der Waals surface area contributed by atoms with Crippen molar-refractivity contribution in [3.05, 3.63) is 146 Å². The van der Waals surface area contributed by atoms with Crippen LogP contribution in [0.2, 0.25) is 0 Å². The summed E-state index contributed by atoms with van der Waals surface area (Å²) in [6.45, 7) is 32.4. The van der Waals surface area contributed by atoms with Crippen molar-refractivity contribution in [3.8, 4) is 0 Å². The first kappa shape index (κ1) is 19.2. The van der Waals surface area contributed by atoms with Gasteiger partial charge in [0.05, 0.1) is 5.41 Å². The molecule has 26 heavy (non-hydrogen) atoms. The summed E-state index contributed by atoms with van der Waals surface area (Å²) in [6, 6.07) is 0. The smallest absolute Gasteiger partial charge is 0.0690 e. The van der Waals surface area contributed by atoms with E-state index in [0.29, 0.717) is 6.42 Å². The van der Waals surface area contributed by atoms with Crippen molar-refractivity contribution in [2.24, 2.45) is 5.41 Å². The maximum Gasteiger partial charge on any atom is 0.0690 e. The molecule has 0 atom stereocenters. The van der Waals surface area contributed by atoms with E-state index < -0.39 is 5.41 Å². The van der Waals surface area contributed by atoms with Crippen LogP contribution in [0.5, 0.6) is 0 Å². The lowest BCUT2D eigenvalue weighted by Crippen LogP contribution is -2.25. The summed E-state index contributed by atoms with van der Waals surface area (Å²) in [4.78, 5) is 0. The Balaban J connectivity index is 3.20. The van der Waals surface area contributed by atoms with Crippen LogP contribution < -0.4 is 0 Å². The number of hydrogen-bond donors (Lipinski definition) is 0. The first-order valence-electron chi connectivity index (χ1n) is 8.55. The normalized spacial score (nSPS) is 18.3. The Kier molecular flexibility index (Phi) is 5.47. The third-order valence-corrected chi connectivity index (χ3v) is 5.22. The van der Waals surface area contributed by atoms with E-state index >= 15 is 0 Å². The fourth-order valence-corrected chi connectivity index (χ4v) is 4.42. The molecule has 2 aliphatic rings. The number of hydrogen-bond acceptors (Lipinski definition) is 0. The highest BCUT2D eigenvalue weighted by molar-refractivity contribution is 5.81. The minimum absolute atomic E-state index is 0.542. The Morgan fingerprint density at radius 1 is 0.500 bits per heavy atom. The van der Waals surface area contributed by atoms with Gasteiger partial charge in [0, 0.05) is 0 Å². The fourth-order valence-electron chi connectivity index (χ4n) is 4.42. The molecule has 1 spiro atoms. The van der Waals surface area contributed by atoms with Crippen molar-refractivity contribution in [3.63, 3.8) is 0 Å². The second-order valence-corrected chi connectivity index (χ2v) is 6.05. The van der Waals surface area contributed by atoms with E-state index in [1.165, 1.54) is 5.57 Å². The molecule has 0 fully saturated rings. The minimum Gasteiger partial charge on any atom is -0.103 e. The minimum atomic E-state index is -0.542. The van der Waals surface area contributed by atoms with Crippen LogP contribution in [0.1, 0.15) is 6.42 Å². The molecule has 0 heterocycles. The molecule has 0 nitrogen and oxygen atoms in total. The van der Waals surface area contributed by atoms with Gasteiger partial charge in [0.2, 0.25) is 0 Å². The van der Waals surface area contributed by atoms with Crippen LogP contribution in [-0.2, 0) is 0 Å². The fraction of sp³-hybridized carbons (Fsp3) is 0.0769. The molecule has 2 aliphatic carbocycles. The summed E-state index contributed by atoms with van der Waals surface area (Å²) in [5.74, 6) is 0. The highest BCUT2D eigenvalue weighted by Gasteiger charge is 2.52. The van der Waals surface area contributed by atoms with Gasteiger partial charge in [-0.25, -0.2) is 0 Å². The molecule has 0 aromatic rings. The van der Waals surface area contributed by atoms with Crippen molar-refractivity contribution in [1.29, 1.82) is 0 Å². The van der Waals surface area contributed by atoms with Crippen molar-refractivity contribution >= 4 is 0 Å². The molecular formula is C26H26. The Hall–Kier alpha value is -3.12. The summed E-state index contributed by atoms with van der Waals surface area (Å²) >= 11 is 0. The van der Waals surface area contributed by atoms with Crippen LogP contribution in [0, 0.1) is 5.41 Å². The van der Waals surface area contributed by atoms with Gasteiger partial charge in [-0.3, -0.25) is 0 Å². The maximum atomic E-state index is 4.10. The van der Waals surface area contributed by atoms with Gasteiger partial charge in [0.1, 0.15) is 0 Å². The molecule has 0 saturated heterocycles. The molecule has 0 aromatic heterocycles. The van der Waals surface area contributed by atoms with Gasteiger partial charge in [0.15, 0.2) is 0 Å². The van der Waals surface area contributed by atoms with E-state index in [1.54, 1.807) is 0 Å². The first-order valence-corrected chi connectivity index (χ1v) is 8.55. The van der Waals surface area contributed by atoms with Crippen molar-refractivity contribution < 1.29 is 0 Å². The molecule has 0 unspecified atom stereocenters. The molecule has 0 bridgehead atoms. The van der Waals surface area contributed by atoms with Gasteiger partial charge in [-0.05, 0) is 51.0 Å². The summed E-state index contributed by atoms with van der Waals surface area (Å²) in [5, 5.41) is 0. The van der Waals surface area contributed by atoms with Gasteiger partial charge in [-0.1, -0.05) is 94.7 Å². The van der Waals surface area contributed by atoms with Crippen LogP contribution >= 0.6 is 0 Å². The lowest BCUT2D eigenvalue weighted by atomic mass is 9.66. The van der Waals surface area contributed by atoms with Gasteiger partial charge in [0.25, 0.3) is 0 Å². The standard InChI is InChI=1S/C26H26/c1-9-17-25-21(13-5)20(12-4)24(16-8)26(25)22(14-6)18(10-2)19(11-3)23(26)15-7/h9-16H,1-8,17H2. The lowest BCUT2D eigenvalue weighted by Gasteiger charge is -2.35. The third-order valence-electron chi connectivity index (χ3n) is 5.22. The van der Waals surface area contributed by atoms with Crippen molar-refractivity contribution in [1.82, 2.24) is 0 Å². The Bertz CT molecular complexity index is 832. The monoisotopic (exact) mass is 338 g/mol. The Morgan fingerprint density at radius 3 is 1.12 bits per heavy atom. The Morgan fingerprint density at radius 2 is 0.846 bits per heavy atom. The zero-order valence-corrected chi connectivity index (χ0v) is 15.5. The van der Waals surface area contributed by atoms with Gasteiger partial charge in [-0.15, -0.1) is 6.58 Å². The van der Waals surface area contributed by atoms with E-state index in [9.17, 15) is 0 Å². The van der Waals surface area contributed by atoms with Gasteiger partial charge >= 0.3 is 0 Å². The Labute approximate surface area is 158 Å². The molecule has 0 amide bonds. The number of rotatable bonds is 9. The lowest BCUT2D eigenvalue weighted by molar-refractivity contribution is 0.659. The highest BCUT2D eigenvalue weighted by atomic mass is 14.5. The molecular weight excluding hydrogens is 312 g/mol. The predicted molar refractivity (Wildman–Crippen MR) is 117 cm³/mol. The summed E-state index contributed by atoms with van der Waals surface area (Å²) in [7, 11) is 0. The van der Waals surface area contributed by atoms with Crippen molar-refractivity contribution in [2.75, 3.05) is 0 Å². The topological polar surface area (TPSA) is 0 Å². The molecule has 0 heteroatoms. The summed E-state index contributed by atoms with van der Waals surface area (Å²) < 4.78 is 0. The van der Waals surface area contributed by atoms with E-state index in [-0.39, 0.29) is 0 Å². The van der Waals surface area contributed by atoms with E-state index in [4.69, 9.17) is 0 Å². The quantitative estimate of drug-likeness (QED) is 0.395. The van der Waals surface area contributed by atoms with Gasteiger partial charge < -0.3 is 0 Å². The van der Waals surface area contributed by atoms with E-state index in [2.05, 4.69) is 52.6 Å².